The maximum absolute atomic E-state index is 10.5. The third-order valence-corrected chi connectivity index (χ3v) is 5.11. The Labute approximate surface area is 108 Å². The van der Waals surface area contributed by atoms with Crippen LogP contribution in [0.4, 0.5) is 0 Å². The molecule has 1 aromatic carbocycles. The van der Waals surface area contributed by atoms with Gasteiger partial charge in [0.1, 0.15) is 5.75 Å². The molecule has 0 radical (unpaired) electrons. The molecule has 0 amide bonds. The average molecular weight is 244 g/mol. The molecule has 0 saturated heterocycles. The van der Waals surface area contributed by atoms with Crippen molar-refractivity contribution in [3.8, 4) is 5.75 Å². The van der Waals surface area contributed by atoms with Gasteiger partial charge in [-0.2, -0.15) is 0 Å². The molecule has 1 heterocycles. The van der Waals surface area contributed by atoms with Crippen LogP contribution in [0.15, 0.2) is 18.2 Å². The van der Waals surface area contributed by atoms with E-state index in [2.05, 4.69) is 12.1 Å². The van der Waals surface area contributed by atoms with E-state index in [1.807, 2.05) is 6.07 Å². The molecule has 3 atom stereocenters. The molecule has 2 fully saturated rings. The minimum absolute atomic E-state index is 0.243. The molecule has 96 valence electrons. The van der Waals surface area contributed by atoms with Crippen molar-refractivity contribution in [1.29, 1.82) is 0 Å². The van der Waals surface area contributed by atoms with Crippen molar-refractivity contribution < 1.29 is 9.84 Å². The van der Waals surface area contributed by atoms with E-state index in [0.717, 1.165) is 42.6 Å². The standard InChI is InChI=1S/C16H20O2/c17-16(15-12-4-1-5-13(12)15)11-6-7-14-10(9-11)3-2-8-18-14/h6-7,9,12-13,15-17H,1-5,8H2. The Morgan fingerprint density at radius 1 is 1.17 bits per heavy atom. The first kappa shape index (κ1) is 10.9. The minimum atomic E-state index is -0.243. The predicted molar refractivity (Wildman–Crippen MR) is 69.5 cm³/mol. The largest absolute Gasteiger partial charge is 0.493 e. The van der Waals surface area contributed by atoms with Crippen molar-refractivity contribution in [2.45, 2.75) is 38.2 Å². The summed E-state index contributed by atoms with van der Waals surface area (Å²) in [6.07, 6.45) is 5.99. The van der Waals surface area contributed by atoms with Crippen LogP contribution < -0.4 is 4.74 Å². The molecule has 3 aliphatic rings. The fraction of sp³-hybridized carbons (Fsp3) is 0.625. The van der Waals surface area contributed by atoms with E-state index in [1.54, 1.807) is 0 Å². The summed E-state index contributed by atoms with van der Waals surface area (Å²) < 4.78 is 5.63. The molecule has 0 aromatic heterocycles. The van der Waals surface area contributed by atoms with Crippen molar-refractivity contribution >= 4 is 0 Å². The van der Waals surface area contributed by atoms with Gasteiger partial charge in [0.05, 0.1) is 12.7 Å². The van der Waals surface area contributed by atoms with E-state index in [-0.39, 0.29) is 6.10 Å². The second-order valence-corrected chi connectivity index (χ2v) is 6.10. The van der Waals surface area contributed by atoms with Gasteiger partial charge in [-0.1, -0.05) is 12.5 Å². The number of aliphatic hydroxyl groups excluding tert-OH is 1. The lowest BCUT2D eigenvalue weighted by Crippen LogP contribution is -2.10. The molecule has 4 rings (SSSR count). The third-order valence-electron chi connectivity index (χ3n) is 5.11. The first-order chi connectivity index (χ1) is 8.84. The molecule has 2 heteroatoms. The van der Waals surface area contributed by atoms with Crippen LogP contribution in [0, 0.1) is 17.8 Å². The zero-order chi connectivity index (χ0) is 12.1. The third kappa shape index (κ3) is 1.58. The van der Waals surface area contributed by atoms with Crippen molar-refractivity contribution in [3.05, 3.63) is 29.3 Å². The number of aliphatic hydroxyl groups is 1. The highest BCUT2D eigenvalue weighted by Gasteiger charge is 2.55. The Bertz CT molecular complexity index is 458. The number of benzene rings is 1. The van der Waals surface area contributed by atoms with Gasteiger partial charge in [-0.25, -0.2) is 0 Å². The Kier molecular flexibility index (Phi) is 2.41. The van der Waals surface area contributed by atoms with E-state index in [1.165, 1.54) is 24.8 Å². The van der Waals surface area contributed by atoms with Gasteiger partial charge in [0.15, 0.2) is 0 Å². The molecule has 1 N–H and O–H groups in total. The maximum atomic E-state index is 10.5. The normalized spacial score (nSPS) is 34.4. The van der Waals surface area contributed by atoms with E-state index in [9.17, 15) is 5.11 Å². The van der Waals surface area contributed by atoms with Crippen LogP contribution in [0.2, 0.25) is 0 Å². The van der Waals surface area contributed by atoms with Crippen molar-refractivity contribution in [1.82, 2.24) is 0 Å². The Morgan fingerprint density at radius 3 is 2.83 bits per heavy atom. The van der Waals surface area contributed by atoms with Gasteiger partial charge in [-0.05, 0) is 66.7 Å². The van der Waals surface area contributed by atoms with E-state index in [0.29, 0.717) is 5.92 Å². The summed E-state index contributed by atoms with van der Waals surface area (Å²) in [6, 6.07) is 6.28. The quantitative estimate of drug-likeness (QED) is 0.866. The topological polar surface area (TPSA) is 29.5 Å². The second kappa shape index (κ2) is 3.99. The van der Waals surface area contributed by atoms with E-state index < -0.39 is 0 Å². The summed E-state index contributed by atoms with van der Waals surface area (Å²) in [5.41, 5.74) is 2.39. The van der Waals surface area contributed by atoms with E-state index in [4.69, 9.17) is 4.74 Å². The van der Waals surface area contributed by atoms with Crippen LogP contribution in [0.3, 0.4) is 0 Å². The first-order valence-electron chi connectivity index (χ1n) is 7.28. The SMILES string of the molecule is OC(c1ccc2c(c1)CCCO2)C1C2CCCC21. The zero-order valence-electron chi connectivity index (χ0n) is 10.6. The van der Waals surface area contributed by atoms with Crippen LogP contribution in [0.1, 0.15) is 42.9 Å². The minimum Gasteiger partial charge on any atom is -0.493 e. The predicted octanol–water partition coefficient (Wildman–Crippen LogP) is 3.09. The van der Waals surface area contributed by atoms with Gasteiger partial charge in [-0.3, -0.25) is 0 Å². The fourth-order valence-electron chi connectivity index (χ4n) is 4.13. The maximum Gasteiger partial charge on any atom is 0.122 e. The summed E-state index contributed by atoms with van der Waals surface area (Å²) in [7, 11) is 0. The summed E-state index contributed by atoms with van der Waals surface area (Å²) in [5.74, 6) is 3.19. The van der Waals surface area contributed by atoms with Crippen molar-refractivity contribution in [3.63, 3.8) is 0 Å². The summed E-state index contributed by atoms with van der Waals surface area (Å²) >= 11 is 0. The van der Waals surface area contributed by atoms with Crippen LogP contribution in [0.5, 0.6) is 5.75 Å². The monoisotopic (exact) mass is 244 g/mol. The smallest absolute Gasteiger partial charge is 0.122 e. The highest BCUT2D eigenvalue weighted by molar-refractivity contribution is 5.40. The van der Waals surface area contributed by atoms with Gasteiger partial charge < -0.3 is 9.84 Å². The van der Waals surface area contributed by atoms with Gasteiger partial charge >= 0.3 is 0 Å². The lowest BCUT2D eigenvalue weighted by Gasteiger charge is -2.20. The molecule has 1 aromatic rings. The molecular weight excluding hydrogens is 224 g/mol. The first-order valence-corrected chi connectivity index (χ1v) is 7.28. The van der Waals surface area contributed by atoms with Crippen LogP contribution in [0.25, 0.3) is 0 Å². The van der Waals surface area contributed by atoms with Gasteiger partial charge in [-0.15, -0.1) is 0 Å². The lowest BCUT2D eigenvalue weighted by atomic mass is 9.96. The Balaban J connectivity index is 1.57. The van der Waals surface area contributed by atoms with Gasteiger partial charge in [0.25, 0.3) is 0 Å². The summed E-state index contributed by atoms with van der Waals surface area (Å²) in [6.45, 7) is 0.835. The molecule has 2 saturated carbocycles. The van der Waals surface area contributed by atoms with Crippen molar-refractivity contribution in [2.24, 2.45) is 17.8 Å². The van der Waals surface area contributed by atoms with Gasteiger partial charge in [0.2, 0.25) is 0 Å². The van der Waals surface area contributed by atoms with E-state index >= 15 is 0 Å². The van der Waals surface area contributed by atoms with Crippen molar-refractivity contribution in [2.75, 3.05) is 6.61 Å². The number of hydrogen-bond acceptors (Lipinski definition) is 2. The Morgan fingerprint density at radius 2 is 2.00 bits per heavy atom. The summed E-state index contributed by atoms with van der Waals surface area (Å²) in [5, 5.41) is 10.5. The molecule has 2 aliphatic carbocycles. The summed E-state index contributed by atoms with van der Waals surface area (Å²) in [4.78, 5) is 0. The Hall–Kier alpha value is -1.02. The fourth-order valence-corrected chi connectivity index (χ4v) is 4.13. The molecule has 0 spiro atoms. The number of aryl methyl sites for hydroxylation is 1. The molecule has 2 nitrogen and oxygen atoms in total. The average Bonchev–Trinajstić information content (AvgIpc) is 2.90. The molecule has 1 aliphatic heterocycles. The number of ether oxygens (including phenoxy) is 1. The molecule has 0 bridgehead atoms. The van der Waals surface area contributed by atoms with Crippen LogP contribution >= 0.6 is 0 Å². The zero-order valence-corrected chi connectivity index (χ0v) is 10.6. The number of rotatable bonds is 2. The van der Waals surface area contributed by atoms with Crippen LogP contribution in [-0.2, 0) is 6.42 Å². The van der Waals surface area contributed by atoms with Gasteiger partial charge in [0, 0.05) is 0 Å². The highest BCUT2D eigenvalue weighted by atomic mass is 16.5. The second-order valence-electron chi connectivity index (χ2n) is 6.10. The molecule has 18 heavy (non-hydrogen) atoms. The number of hydrogen-bond donors (Lipinski definition) is 1. The number of fused-ring (bicyclic) bond motifs is 2. The molecular formula is C16H20O2. The molecule has 3 unspecified atom stereocenters. The highest BCUT2D eigenvalue weighted by Crippen LogP contribution is 2.62. The van der Waals surface area contributed by atoms with Crippen LogP contribution in [-0.4, -0.2) is 11.7 Å². The lowest BCUT2D eigenvalue weighted by molar-refractivity contribution is 0.137.